The molecule has 5 atom stereocenters. The average Bonchev–Trinajstić information content (AvgIpc) is 2.90. The third-order valence-corrected chi connectivity index (χ3v) is 7.21. The molecule has 3 fully saturated rings. The van der Waals surface area contributed by atoms with Crippen molar-refractivity contribution in [2.24, 2.45) is 18.9 Å². The standard InChI is InChI=1S/C20H26N2O.C2H3ClO2/c1-3-13-8-12-9-17-19(13)22(11-12)7-6-15-16-10-14(23)4-5-18(16)21(2)20(15)17;1-5-2(3)4/h4-5,10,12-13,17,19,23H,3,6-9,11H2,1-2H3;1H3/t12-,13?,17+,19?;/m0./s1. The van der Waals surface area contributed by atoms with Crippen molar-refractivity contribution in [2.75, 3.05) is 20.2 Å². The van der Waals surface area contributed by atoms with E-state index in [4.69, 9.17) is 0 Å². The number of aryl methyl sites for hydroxylation is 1. The van der Waals surface area contributed by atoms with Gasteiger partial charge in [0.25, 0.3) is 0 Å². The van der Waals surface area contributed by atoms with Crippen LogP contribution in [0.2, 0.25) is 0 Å². The lowest BCUT2D eigenvalue weighted by Crippen LogP contribution is -2.56. The maximum atomic E-state index is 9.96. The van der Waals surface area contributed by atoms with Crippen LogP contribution in [0, 0.1) is 11.8 Å². The molecule has 4 heterocycles. The fraction of sp³-hybridized carbons (Fsp3) is 0.591. The third-order valence-electron chi connectivity index (χ3n) is 7.06. The van der Waals surface area contributed by atoms with E-state index in [0.717, 1.165) is 24.3 Å². The first-order valence-corrected chi connectivity index (χ1v) is 10.6. The van der Waals surface area contributed by atoms with Crippen LogP contribution in [0.4, 0.5) is 4.79 Å². The number of benzene rings is 1. The fourth-order valence-corrected chi connectivity index (χ4v) is 6.09. The Bertz CT molecular complexity index is 894. The fourth-order valence-electron chi connectivity index (χ4n) is 6.09. The second-order valence-corrected chi connectivity index (χ2v) is 8.72. The number of hydrogen-bond acceptors (Lipinski definition) is 4. The predicted molar refractivity (Wildman–Crippen MR) is 111 cm³/mol. The van der Waals surface area contributed by atoms with Crippen LogP contribution in [0.15, 0.2) is 18.2 Å². The molecule has 0 amide bonds. The lowest BCUT2D eigenvalue weighted by atomic mass is 9.65. The van der Waals surface area contributed by atoms with Crippen molar-refractivity contribution in [3.63, 3.8) is 0 Å². The smallest absolute Gasteiger partial charge is 0.403 e. The van der Waals surface area contributed by atoms with Gasteiger partial charge in [0.05, 0.1) is 7.11 Å². The van der Waals surface area contributed by atoms with Crippen LogP contribution < -0.4 is 0 Å². The van der Waals surface area contributed by atoms with Gasteiger partial charge in [-0.2, -0.15) is 0 Å². The van der Waals surface area contributed by atoms with Gasteiger partial charge in [-0.3, -0.25) is 4.90 Å². The summed E-state index contributed by atoms with van der Waals surface area (Å²) in [4.78, 5) is 12.2. The van der Waals surface area contributed by atoms with Crippen LogP contribution >= 0.6 is 11.6 Å². The van der Waals surface area contributed by atoms with Gasteiger partial charge in [0.15, 0.2) is 0 Å². The second-order valence-electron chi connectivity index (χ2n) is 8.41. The Hall–Kier alpha value is -1.72. The van der Waals surface area contributed by atoms with E-state index < -0.39 is 5.43 Å². The number of rotatable bonds is 1. The molecule has 3 aliphatic heterocycles. The first kappa shape index (κ1) is 19.6. The SMILES string of the molecule is CCC1C[C@H]2C[C@H]3c4c(c5cc(O)ccc5n4C)CCN(C2)C13.COC(=O)Cl. The second kappa shape index (κ2) is 7.60. The molecule has 28 heavy (non-hydrogen) atoms. The predicted octanol–water partition coefficient (Wildman–Crippen LogP) is 4.64. The Kier molecular flexibility index (Phi) is 5.32. The van der Waals surface area contributed by atoms with Gasteiger partial charge in [0.1, 0.15) is 5.75 Å². The average molecular weight is 405 g/mol. The van der Waals surface area contributed by atoms with Gasteiger partial charge in [0, 0.05) is 60.3 Å². The Balaban J connectivity index is 0.000000346. The van der Waals surface area contributed by atoms with Gasteiger partial charge in [-0.15, -0.1) is 0 Å². The molecule has 2 saturated heterocycles. The Morgan fingerprint density at radius 1 is 1.36 bits per heavy atom. The largest absolute Gasteiger partial charge is 0.508 e. The summed E-state index contributed by atoms with van der Waals surface area (Å²) in [6, 6.07) is 6.64. The maximum absolute atomic E-state index is 9.96. The zero-order valence-corrected chi connectivity index (χ0v) is 17.6. The van der Waals surface area contributed by atoms with Gasteiger partial charge in [-0.25, -0.2) is 4.79 Å². The molecule has 2 aromatic rings. The van der Waals surface area contributed by atoms with Crippen molar-refractivity contribution >= 4 is 27.9 Å². The number of hydrogen-bond donors (Lipinski definition) is 1. The van der Waals surface area contributed by atoms with Crippen LogP contribution in [-0.4, -0.2) is 46.2 Å². The van der Waals surface area contributed by atoms with E-state index in [-0.39, 0.29) is 0 Å². The van der Waals surface area contributed by atoms with Crippen molar-refractivity contribution < 1.29 is 14.6 Å². The van der Waals surface area contributed by atoms with Crippen molar-refractivity contribution in [3.05, 3.63) is 29.5 Å². The van der Waals surface area contributed by atoms with Gasteiger partial charge >= 0.3 is 5.43 Å². The monoisotopic (exact) mass is 404 g/mol. The zero-order chi connectivity index (χ0) is 20.0. The third kappa shape index (κ3) is 3.18. The van der Waals surface area contributed by atoms with Crippen molar-refractivity contribution in [1.82, 2.24) is 9.47 Å². The van der Waals surface area contributed by atoms with Crippen LogP contribution in [-0.2, 0) is 18.2 Å². The molecule has 0 radical (unpaired) electrons. The molecule has 6 rings (SSSR count). The Morgan fingerprint density at radius 2 is 2.11 bits per heavy atom. The van der Waals surface area contributed by atoms with Gasteiger partial charge in [-0.1, -0.05) is 13.3 Å². The summed E-state index contributed by atoms with van der Waals surface area (Å²) in [5.74, 6) is 2.83. The number of phenolic OH excluding ortho intramolecular Hbond substituents is 1. The maximum Gasteiger partial charge on any atom is 0.403 e. The number of fused-ring (bicyclic) bond motifs is 4. The lowest BCUT2D eigenvalue weighted by molar-refractivity contribution is -0.0140. The van der Waals surface area contributed by atoms with E-state index in [1.807, 2.05) is 12.1 Å². The molecule has 1 aliphatic carbocycles. The van der Waals surface area contributed by atoms with Crippen LogP contribution in [0.3, 0.4) is 0 Å². The minimum atomic E-state index is -0.773. The molecule has 4 aliphatic rings. The van der Waals surface area contributed by atoms with Gasteiger partial charge in [0.2, 0.25) is 0 Å². The number of methoxy groups -OCH3 is 1. The zero-order valence-electron chi connectivity index (χ0n) is 16.8. The summed E-state index contributed by atoms with van der Waals surface area (Å²) in [7, 11) is 3.45. The highest BCUT2D eigenvalue weighted by Crippen LogP contribution is 2.51. The number of aromatic hydroxyl groups is 1. The summed E-state index contributed by atoms with van der Waals surface area (Å²) in [6.07, 6.45) is 5.25. The molecule has 1 aromatic carbocycles. The summed E-state index contributed by atoms with van der Waals surface area (Å²) in [6.45, 7) is 4.88. The molecule has 0 spiro atoms. The molecule has 1 aromatic heterocycles. The number of carbonyl (C=O) groups is 1. The van der Waals surface area contributed by atoms with Crippen LogP contribution in [0.25, 0.3) is 10.9 Å². The van der Waals surface area contributed by atoms with E-state index in [2.05, 4.69) is 45.8 Å². The summed E-state index contributed by atoms with van der Waals surface area (Å²) < 4.78 is 6.31. The molecule has 1 N–H and O–H groups in total. The first-order valence-electron chi connectivity index (χ1n) is 10.2. The van der Waals surface area contributed by atoms with E-state index in [9.17, 15) is 9.90 Å². The molecule has 4 bridgehead atoms. The highest BCUT2D eigenvalue weighted by molar-refractivity contribution is 6.61. The first-order chi connectivity index (χ1) is 13.4. The van der Waals surface area contributed by atoms with E-state index in [0.29, 0.717) is 11.7 Å². The van der Waals surface area contributed by atoms with E-state index in [1.54, 1.807) is 5.69 Å². The van der Waals surface area contributed by atoms with E-state index in [1.165, 1.54) is 55.9 Å². The van der Waals surface area contributed by atoms with Gasteiger partial charge in [-0.05, 0) is 54.9 Å². The highest BCUT2D eigenvalue weighted by atomic mass is 35.5. The number of ether oxygens (including phenoxy) is 1. The highest BCUT2D eigenvalue weighted by Gasteiger charge is 2.49. The quantitative estimate of drug-likeness (QED) is 0.703. The molecule has 3 unspecified atom stereocenters. The number of nitrogens with zero attached hydrogens (tertiary/aromatic N) is 2. The molecule has 5 nitrogen and oxygen atoms in total. The number of halogens is 1. The van der Waals surface area contributed by atoms with Crippen LogP contribution in [0.5, 0.6) is 5.75 Å². The molecule has 6 heteroatoms. The number of aromatic nitrogens is 1. The molecule has 1 saturated carbocycles. The molecule has 152 valence electrons. The number of phenols is 1. The summed E-state index contributed by atoms with van der Waals surface area (Å²) in [5, 5.41) is 11.2. The van der Waals surface area contributed by atoms with Crippen molar-refractivity contribution in [3.8, 4) is 5.75 Å². The minimum absolute atomic E-state index is 0.395. The topological polar surface area (TPSA) is 54.7 Å². The van der Waals surface area contributed by atoms with Gasteiger partial charge < -0.3 is 14.4 Å². The molecular weight excluding hydrogens is 376 g/mol. The van der Waals surface area contributed by atoms with E-state index >= 15 is 0 Å². The lowest BCUT2D eigenvalue weighted by Gasteiger charge is -2.53. The molecular formula is C22H29ClN2O3. The Labute approximate surface area is 171 Å². The summed E-state index contributed by atoms with van der Waals surface area (Å²) in [5.41, 5.74) is 3.59. The minimum Gasteiger partial charge on any atom is -0.508 e. The number of carbonyl (C=O) groups excluding carboxylic acids is 1. The van der Waals surface area contributed by atoms with Crippen molar-refractivity contribution in [2.45, 2.75) is 44.6 Å². The van der Waals surface area contributed by atoms with Crippen molar-refractivity contribution in [1.29, 1.82) is 0 Å². The summed E-state index contributed by atoms with van der Waals surface area (Å²) >= 11 is 4.60. The Morgan fingerprint density at radius 3 is 2.79 bits per heavy atom. The number of piperidine rings is 2. The van der Waals surface area contributed by atoms with Crippen LogP contribution in [0.1, 0.15) is 43.4 Å². The normalized spacial score (nSPS) is 30.2.